The first-order chi connectivity index (χ1) is 12.2. The van der Waals surface area contributed by atoms with Crippen molar-refractivity contribution in [3.8, 4) is 23.0 Å². The van der Waals surface area contributed by atoms with Gasteiger partial charge in [0.1, 0.15) is 0 Å². The fraction of sp³-hybridized carbons (Fsp3) is 0.111. The third-order valence-electron chi connectivity index (χ3n) is 4.37. The zero-order valence-corrected chi connectivity index (χ0v) is 13.1. The Bertz CT molecular complexity index is 960. The molecule has 0 saturated heterocycles. The molecular formula is C18H14O8. The molecule has 6 N–H and O–H groups in total. The second kappa shape index (κ2) is 5.99. The number of carboxylic acid groups (broad SMARTS) is 2. The van der Waals surface area contributed by atoms with Crippen LogP contribution >= 0.6 is 0 Å². The van der Waals surface area contributed by atoms with E-state index in [1.165, 1.54) is 6.07 Å². The van der Waals surface area contributed by atoms with Crippen LogP contribution in [0.4, 0.5) is 0 Å². The van der Waals surface area contributed by atoms with Gasteiger partial charge >= 0.3 is 11.9 Å². The Balaban J connectivity index is 2.33. The van der Waals surface area contributed by atoms with Crippen LogP contribution in [0.3, 0.4) is 0 Å². The molecule has 1 aliphatic carbocycles. The van der Waals surface area contributed by atoms with Gasteiger partial charge < -0.3 is 30.6 Å². The molecule has 0 aliphatic heterocycles. The van der Waals surface area contributed by atoms with Crippen LogP contribution in [-0.4, -0.2) is 42.6 Å². The molecular weight excluding hydrogens is 344 g/mol. The standard InChI is InChI=1S/C18H14O8/c19-11-2-1-7(4-12(11)20)15-9-6-14(22)13(21)5-8(9)3-10(17(23)24)16(15)18(25)26/h1-6,15-16,19-22H,(H,23,24)(H,25,26)/t15-,16-/m1/s1. The molecule has 0 amide bonds. The molecule has 134 valence electrons. The quantitative estimate of drug-likeness (QED) is 0.454. The molecule has 8 heteroatoms. The largest absolute Gasteiger partial charge is 0.504 e. The number of carbonyl (C=O) groups is 2. The van der Waals surface area contributed by atoms with E-state index >= 15 is 0 Å². The van der Waals surface area contributed by atoms with Gasteiger partial charge in [-0.2, -0.15) is 0 Å². The van der Waals surface area contributed by atoms with E-state index in [0.717, 1.165) is 30.3 Å². The van der Waals surface area contributed by atoms with E-state index in [9.17, 15) is 40.2 Å². The number of fused-ring (bicyclic) bond motifs is 1. The maximum atomic E-state index is 11.8. The zero-order valence-electron chi connectivity index (χ0n) is 13.1. The normalized spacial score (nSPS) is 18.7. The summed E-state index contributed by atoms with van der Waals surface area (Å²) in [6.07, 6.45) is 1.13. The number of phenolic OH excluding ortho intramolecular Hbond substituents is 4. The van der Waals surface area contributed by atoms with Crippen molar-refractivity contribution in [2.24, 2.45) is 5.92 Å². The van der Waals surface area contributed by atoms with E-state index in [-0.39, 0.29) is 16.7 Å². The van der Waals surface area contributed by atoms with Crippen molar-refractivity contribution in [3.05, 3.63) is 52.6 Å². The molecule has 8 nitrogen and oxygen atoms in total. The highest BCUT2D eigenvalue weighted by Crippen LogP contribution is 2.47. The first-order valence-corrected chi connectivity index (χ1v) is 7.46. The van der Waals surface area contributed by atoms with E-state index in [4.69, 9.17) is 0 Å². The summed E-state index contributed by atoms with van der Waals surface area (Å²) in [7, 11) is 0. The van der Waals surface area contributed by atoms with Gasteiger partial charge in [0, 0.05) is 5.92 Å². The van der Waals surface area contributed by atoms with Gasteiger partial charge in [0.05, 0.1) is 11.5 Å². The summed E-state index contributed by atoms with van der Waals surface area (Å²) in [5.41, 5.74) is 0.314. The molecule has 1 aliphatic rings. The molecule has 2 aromatic rings. The van der Waals surface area contributed by atoms with E-state index < -0.39 is 52.3 Å². The van der Waals surface area contributed by atoms with E-state index in [0.29, 0.717) is 0 Å². The van der Waals surface area contributed by atoms with Crippen LogP contribution in [-0.2, 0) is 9.59 Å². The lowest BCUT2D eigenvalue weighted by molar-refractivity contribution is -0.144. The molecule has 0 saturated carbocycles. The van der Waals surface area contributed by atoms with Crippen LogP contribution in [0.1, 0.15) is 22.6 Å². The Morgan fingerprint density at radius 3 is 2.00 bits per heavy atom. The molecule has 0 radical (unpaired) electrons. The molecule has 0 spiro atoms. The zero-order chi connectivity index (χ0) is 19.2. The minimum Gasteiger partial charge on any atom is -0.504 e. The molecule has 2 aromatic carbocycles. The molecule has 3 rings (SSSR count). The van der Waals surface area contributed by atoms with Crippen molar-refractivity contribution >= 4 is 18.0 Å². The monoisotopic (exact) mass is 358 g/mol. The molecule has 0 heterocycles. The van der Waals surface area contributed by atoms with Crippen LogP contribution < -0.4 is 0 Å². The highest BCUT2D eigenvalue weighted by atomic mass is 16.4. The number of benzene rings is 2. The van der Waals surface area contributed by atoms with Gasteiger partial charge in [0.2, 0.25) is 0 Å². The second-order valence-electron chi connectivity index (χ2n) is 5.92. The van der Waals surface area contributed by atoms with Crippen molar-refractivity contribution in [1.29, 1.82) is 0 Å². The SMILES string of the molecule is O=C(O)C1=Cc2cc(O)c(O)cc2[C@@H](c2ccc(O)c(O)c2)[C@@H]1C(=O)O. The summed E-state index contributed by atoms with van der Waals surface area (Å²) in [5.74, 6) is -7.32. The fourth-order valence-electron chi connectivity index (χ4n) is 3.20. The van der Waals surface area contributed by atoms with Gasteiger partial charge in [-0.25, -0.2) is 4.79 Å². The number of carboxylic acids is 2. The van der Waals surface area contributed by atoms with Gasteiger partial charge in [-0.05, 0) is 47.0 Å². The van der Waals surface area contributed by atoms with Gasteiger partial charge in [0.15, 0.2) is 23.0 Å². The maximum Gasteiger partial charge on any atom is 0.332 e. The average molecular weight is 358 g/mol. The second-order valence-corrected chi connectivity index (χ2v) is 5.92. The lowest BCUT2D eigenvalue weighted by Crippen LogP contribution is -2.31. The lowest BCUT2D eigenvalue weighted by Gasteiger charge is -2.31. The lowest BCUT2D eigenvalue weighted by atomic mass is 9.71. The molecule has 0 fully saturated rings. The summed E-state index contributed by atoms with van der Waals surface area (Å²) < 4.78 is 0. The van der Waals surface area contributed by atoms with Gasteiger partial charge in [-0.3, -0.25) is 4.79 Å². The summed E-state index contributed by atoms with van der Waals surface area (Å²) in [6, 6.07) is 5.94. The predicted molar refractivity (Wildman–Crippen MR) is 88.1 cm³/mol. The molecule has 2 atom stereocenters. The van der Waals surface area contributed by atoms with Crippen molar-refractivity contribution in [3.63, 3.8) is 0 Å². The number of aromatic hydroxyl groups is 4. The van der Waals surface area contributed by atoms with Crippen LogP contribution in [0.5, 0.6) is 23.0 Å². The van der Waals surface area contributed by atoms with Crippen molar-refractivity contribution < 1.29 is 40.2 Å². The van der Waals surface area contributed by atoms with E-state index in [2.05, 4.69) is 0 Å². The third-order valence-corrected chi connectivity index (χ3v) is 4.37. The van der Waals surface area contributed by atoms with Crippen molar-refractivity contribution in [2.45, 2.75) is 5.92 Å². The summed E-state index contributed by atoms with van der Waals surface area (Å²) in [4.78, 5) is 23.4. The Labute approximate surface area is 146 Å². The number of phenols is 4. The van der Waals surface area contributed by atoms with Crippen LogP contribution in [0.15, 0.2) is 35.9 Å². The Kier molecular flexibility index (Phi) is 3.96. The van der Waals surface area contributed by atoms with Crippen LogP contribution in [0, 0.1) is 5.92 Å². The number of hydrogen-bond acceptors (Lipinski definition) is 6. The highest BCUT2D eigenvalue weighted by Gasteiger charge is 2.41. The topological polar surface area (TPSA) is 156 Å². The smallest absolute Gasteiger partial charge is 0.332 e. The molecule has 0 bridgehead atoms. The summed E-state index contributed by atoms with van der Waals surface area (Å²) in [5, 5.41) is 57.8. The molecule has 26 heavy (non-hydrogen) atoms. The summed E-state index contributed by atoms with van der Waals surface area (Å²) in [6.45, 7) is 0. The average Bonchev–Trinajstić information content (AvgIpc) is 2.56. The minimum atomic E-state index is -1.51. The van der Waals surface area contributed by atoms with Crippen LogP contribution in [0.25, 0.3) is 6.08 Å². The van der Waals surface area contributed by atoms with E-state index in [1.807, 2.05) is 0 Å². The first kappa shape index (κ1) is 17.2. The Morgan fingerprint density at radius 1 is 0.808 bits per heavy atom. The predicted octanol–water partition coefficient (Wildman–Crippen LogP) is 1.82. The fourth-order valence-corrected chi connectivity index (χ4v) is 3.20. The number of hydrogen-bond donors (Lipinski definition) is 6. The first-order valence-electron chi connectivity index (χ1n) is 7.46. The van der Waals surface area contributed by atoms with Gasteiger partial charge in [-0.15, -0.1) is 0 Å². The van der Waals surface area contributed by atoms with Crippen LogP contribution in [0.2, 0.25) is 0 Å². The van der Waals surface area contributed by atoms with Crippen molar-refractivity contribution in [2.75, 3.05) is 0 Å². The number of aliphatic carboxylic acids is 2. The Morgan fingerprint density at radius 2 is 1.42 bits per heavy atom. The Hall–Kier alpha value is -3.68. The highest BCUT2D eigenvalue weighted by molar-refractivity contribution is 6.00. The summed E-state index contributed by atoms with van der Waals surface area (Å²) >= 11 is 0. The molecule has 0 unspecified atom stereocenters. The van der Waals surface area contributed by atoms with E-state index in [1.54, 1.807) is 0 Å². The maximum absolute atomic E-state index is 11.8. The number of rotatable bonds is 3. The molecule has 0 aromatic heterocycles. The van der Waals surface area contributed by atoms with Gasteiger partial charge in [0.25, 0.3) is 0 Å². The van der Waals surface area contributed by atoms with Gasteiger partial charge in [-0.1, -0.05) is 6.07 Å². The minimum absolute atomic E-state index is 0.228. The third kappa shape index (κ3) is 2.67. The van der Waals surface area contributed by atoms with Crippen molar-refractivity contribution in [1.82, 2.24) is 0 Å².